The van der Waals surface area contributed by atoms with Crippen molar-refractivity contribution in [1.29, 1.82) is 0 Å². The number of benzene rings is 1. The van der Waals surface area contributed by atoms with Gasteiger partial charge in [-0.2, -0.15) is 0 Å². The Kier molecular flexibility index (Phi) is 5.86. The van der Waals surface area contributed by atoms with Gasteiger partial charge in [0.1, 0.15) is 5.82 Å². The van der Waals surface area contributed by atoms with Crippen molar-refractivity contribution in [3.63, 3.8) is 0 Å². The number of rotatable bonds is 6. The van der Waals surface area contributed by atoms with Crippen LogP contribution in [0.25, 0.3) is 0 Å². The van der Waals surface area contributed by atoms with Crippen molar-refractivity contribution in [2.24, 2.45) is 5.92 Å². The van der Waals surface area contributed by atoms with Gasteiger partial charge in [0.2, 0.25) is 0 Å². The summed E-state index contributed by atoms with van der Waals surface area (Å²) in [6.45, 7) is 12.0. The molecule has 0 amide bonds. The molecule has 3 rings (SSSR count). The molecule has 2 heterocycles. The summed E-state index contributed by atoms with van der Waals surface area (Å²) in [5.41, 5.74) is 0.694. The van der Waals surface area contributed by atoms with E-state index in [1.54, 1.807) is 6.07 Å². The van der Waals surface area contributed by atoms with E-state index >= 15 is 0 Å². The van der Waals surface area contributed by atoms with Gasteiger partial charge < -0.3 is 4.90 Å². The predicted octanol–water partition coefficient (Wildman–Crippen LogP) is 3.30. The molecule has 1 unspecified atom stereocenters. The molecular weight excluding hydrogens is 331 g/mol. The number of halogens is 1. The molecule has 1 aromatic heterocycles. The highest BCUT2D eigenvalue weighted by atomic mass is 19.1. The van der Waals surface area contributed by atoms with E-state index in [2.05, 4.69) is 53.0 Å². The van der Waals surface area contributed by atoms with E-state index in [0.29, 0.717) is 11.6 Å². The first-order chi connectivity index (χ1) is 12.5. The van der Waals surface area contributed by atoms with Crippen LogP contribution in [0.5, 0.6) is 0 Å². The Labute approximate surface area is 155 Å². The summed E-state index contributed by atoms with van der Waals surface area (Å²) in [5.74, 6) is 1.33. The van der Waals surface area contributed by atoms with Crippen LogP contribution in [0.1, 0.15) is 52.0 Å². The van der Waals surface area contributed by atoms with Gasteiger partial charge >= 0.3 is 0 Å². The molecule has 0 bridgehead atoms. The summed E-state index contributed by atoms with van der Waals surface area (Å²) in [5, 5.41) is 12.4. The Morgan fingerprint density at radius 2 is 1.73 bits per heavy atom. The first-order valence-corrected chi connectivity index (χ1v) is 9.48. The molecule has 26 heavy (non-hydrogen) atoms. The standard InChI is InChI=1S/C19H29FN6/c1-14(2)13-18(19-21-22-23-26(19)15(3)4)25-11-9-24(10-12-25)17-8-6-5-7-16(17)20/h5-8,14-15,18H,9-13H2,1-4H3. The highest BCUT2D eigenvalue weighted by molar-refractivity contribution is 5.48. The van der Waals surface area contributed by atoms with Crippen molar-refractivity contribution in [2.45, 2.75) is 46.2 Å². The second kappa shape index (κ2) is 8.12. The Bertz CT molecular complexity index is 706. The molecule has 1 aliphatic heterocycles. The highest BCUT2D eigenvalue weighted by Gasteiger charge is 2.30. The number of para-hydroxylation sites is 1. The van der Waals surface area contributed by atoms with Crippen molar-refractivity contribution in [1.82, 2.24) is 25.1 Å². The van der Waals surface area contributed by atoms with Gasteiger partial charge in [-0.1, -0.05) is 26.0 Å². The minimum atomic E-state index is -0.150. The third-order valence-corrected chi connectivity index (χ3v) is 4.95. The Balaban J connectivity index is 1.75. The van der Waals surface area contributed by atoms with Gasteiger partial charge in [-0.05, 0) is 48.7 Å². The molecule has 1 fully saturated rings. The maximum absolute atomic E-state index is 14.1. The third kappa shape index (κ3) is 4.03. The number of hydrogen-bond acceptors (Lipinski definition) is 5. The third-order valence-electron chi connectivity index (χ3n) is 4.95. The highest BCUT2D eigenvalue weighted by Crippen LogP contribution is 2.29. The molecule has 1 aliphatic rings. The van der Waals surface area contributed by atoms with Gasteiger partial charge in [-0.15, -0.1) is 5.10 Å². The Hall–Kier alpha value is -2.02. The summed E-state index contributed by atoms with van der Waals surface area (Å²) in [6.07, 6.45) is 1.01. The molecule has 0 spiro atoms. The second-order valence-electron chi connectivity index (χ2n) is 7.70. The summed E-state index contributed by atoms with van der Waals surface area (Å²) in [6, 6.07) is 7.43. The molecule has 142 valence electrons. The first-order valence-electron chi connectivity index (χ1n) is 9.48. The minimum Gasteiger partial charge on any atom is -0.367 e. The topological polar surface area (TPSA) is 50.1 Å². The van der Waals surface area contributed by atoms with Gasteiger partial charge in [-0.25, -0.2) is 9.07 Å². The lowest BCUT2D eigenvalue weighted by atomic mass is 10.0. The molecule has 6 nitrogen and oxygen atoms in total. The predicted molar refractivity (Wildman–Crippen MR) is 101 cm³/mol. The van der Waals surface area contributed by atoms with Crippen LogP contribution in [0.15, 0.2) is 24.3 Å². The molecule has 2 aromatic rings. The summed E-state index contributed by atoms with van der Waals surface area (Å²) in [4.78, 5) is 4.58. The molecule has 0 N–H and O–H groups in total. The molecule has 0 radical (unpaired) electrons. The lowest BCUT2D eigenvalue weighted by Gasteiger charge is -2.40. The number of tetrazole rings is 1. The largest absolute Gasteiger partial charge is 0.367 e. The fourth-order valence-electron chi connectivity index (χ4n) is 3.63. The van der Waals surface area contributed by atoms with Crippen LogP contribution in [0.3, 0.4) is 0 Å². The zero-order valence-electron chi connectivity index (χ0n) is 16.1. The van der Waals surface area contributed by atoms with Crippen LogP contribution in [0.4, 0.5) is 10.1 Å². The van der Waals surface area contributed by atoms with Crippen molar-refractivity contribution >= 4 is 5.69 Å². The zero-order valence-corrected chi connectivity index (χ0v) is 16.1. The summed E-state index contributed by atoms with van der Waals surface area (Å²) in [7, 11) is 0. The SMILES string of the molecule is CC(C)CC(c1nnnn1C(C)C)N1CCN(c2ccccc2F)CC1. The van der Waals surface area contributed by atoms with Gasteiger partial charge in [0, 0.05) is 26.2 Å². The number of aromatic nitrogens is 4. The van der Waals surface area contributed by atoms with Crippen LogP contribution in [-0.2, 0) is 0 Å². The second-order valence-corrected chi connectivity index (χ2v) is 7.70. The van der Waals surface area contributed by atoms with Crippen molar-refractivity contribution < 1.29 is 4.39 Å². The average molecular weight is 360 g/mol. The Morgan fingerprint density at radius 1 is 1.04 bits per heavy atom. The van der Waals surface area contributed by atoms with Crippen LogP contribution >= 0.6 is 0 Å². The van der Waals surface area contributed by atoms with E-state index in [0.717, 1.165) is 38.4 Å². The number of anilines is 1. The van der Waals surface area contributed by atoms with Crippen molar-refractivity contribution in [3.05, 3.63) is 35.9 Å². The van der Waals surface area contributed by atoms with E-state index in [1.807, 2.05) is 16.8 Å². The van der Waals surface area contributed by atoms with E-state index in [9.17, 15) is 4.39 Å². The smallest absolute Gasteiger partial charge is 0.168 e. The molecule has 1 saturated heterocycles. The van der Waals surface area contributed by atoms with E-state index in [1.165, 1.54) is 6.07 Å². The number of hydrogen-bond donors (Lipinski definition) is 0. The Morgan fingerprint density at radius 3 is 2.35 bits per heavy atom. The lowest BCUT2D eigenvalue weighted by molar-refractivity contribution is 0.151. The van der Waals surface area contributed by atoms with Crippen LogP contribution in [0, 0.1) is 11.7 Å². The molecule has 7 heteroatoms. The molecule has 1 atom stereocenters. The lowest BCUT2D eigenvalue weighted by Crippen LogP contribution is -2.48. The average Bonchev–Trinajstić information content (AvgIpc) is 3.10. The van der Waals surface area contributed by atoms with Gasteiger partial charge in [0.05, 0.1) is 17.8 Å². The molecule has 0 aliphatic carbocycles. The molecule has 0 saturated carbocycles. The number of piperazine rings is 1. The van der Waals surface area contributed by atoms with E-state index in [4.69, 9.17) is 0 Å². The maximum atomic E-state index is 14.1. The minimum absolute atomic E-state index is 0.150. The van der Waals surface area contributed by atoms with Crippen molar-refractivity contribution in [2.75, 3.05) is 31.1 Å². The van der Waals surface area contributed by atoms with E-state index in [-0.39, 0.29) is 17.9 Å². The zero-order chi connectivity index (χ0) is 18.7. The summed E-state index contributed by atoms with van der Waals surface area (Å²) < 4.78 is 16.0. The molecule has 1 aromatic carbocycles. The first kappa shape index (κ1) is 18.8. The van der Waals surface area contributed by atoms with Gasteiger partial charge in [0.25, 0.3) is 0 Å². The van der Waals surface area contributed by atoms with Crippen LogP contribution < -0.4 is 4.90 Å². The maximum Gasteiger partial charge on any atom is 0.168 e. The monoisotopic (exact) mass is 360 g/mol. The van der Waals surface area contributed by atoms with Crippen LogP contribution in [-0.4, -0.2) is 51.3 Å². The fourth-order valence-corrected chi connectivity index (χ4v) is 3.63. The van der Waals surface area contributed by atoms with E-state index < -0.39 is 0 Å². The quantitative estimate of drug-likeness (QED) is 0.791. The van der Waals surface area contributed by atoms with Crippen LogP contribution in [0.2, 0.25) is 0 Å². The normalized spacial score (nSPS) is 17.3. The number of nitrogens with zero attached hydrogens (tertiary/aromatic N) is 6. The molecular formula is C19H29FN6. The fraction of sp³-hybridized carbons (Fsp3) is 0.632. The summed E-state index contributed by atoms with van der Waals surface area (Å²) >= 11 is 0. The van der Waals surface area contributed by atoms with Gasteiger partial charge in [0.15, 0.2) is 5.82 Å². The van der Waals surface area contributed by atoms with Gasteiger partial charge in [-0.3, -0.25) is 4.90 Å². The van der Waals surface area contributed by atoms with Crippen molar-refractivity contribution in [3.8, 4) is 0 Å².